The van der Waals surface area contributed by atoms with Crippen LogP contribution < -0.4 is 9.64 Å². The third-order valence-corrected chi connectivity index (χ3v) is 5.70. The van der Waals surface area contributed by atoms with E-state index < -0.39 is 23.7 Å². The van der Waals surface area contributed by atoms with Gasteiger partial charge in [-0.2, -0.15) is 13.2 Å². The Morgan fingerprint density at radius 2 is 1.84 bits per heavy atom. The van der Waals surface area contributed by atoms with E-state index in [4.69, 9.17) is 4.74 Å². The fourth-order valence-corrected chi connectivity index (χ4v) is 4.00. The van der Waals surface area contributed by atoms with Crippen LogP contribution in [0, 0.1) is 0 Å². The minimum atomic E-state index is -4.59. The summed E-state index contributed by atoms with van der Waals surface area (Å²) in [5.74, 6) is 0.222. The first-order valence-electron chi connectivity index (χ1n) is 9.97. The van der Waals surface area contributed by atoms with Gasteiger partial charge in [0.1, 0.15) is 18.4 Å². The highest BCUT2D eigenvalue weighted by molar-refractivity contribution is 6.12. The number of hydrogen-bond donors (Lipinski definition) is 0. The number of carbonyl (C=O) groups is 2. The molecule has 3 amide bonds. The van der Waals surface area contributed by atoms with Crippen molar-refractivity contribution in [3.8, 4) is 5.75 Å². The van der Waals surface area contributed by atoms with Crippen LogP contribution in [0.2, 0.25) is 0 Å². The molecule has 10 heteroatoms. The number of benzene rings is 1. The first-order valence-corrected chi connectivity index (χ1v) is 9.97. The number of alkyl halides is 3. The van der Waals surface area contributed by atoms with E-state index in [0.29, 0.717) is 24.8 Å². The van der Waals surface area contributed by atoms with Gasteiger partial charge in [0, 0.05) is 36.7 Å². The zero-order chi connectivity index (χ0) is 22.5. The van der Waals surface area contributed by atoms with Crippen LogP contribution in [-0.4, -0.2) is 45.5 Å². The smallest absolute Gasteiger partial charge is 0.417 e. The highest BCUT2D eigenvalue weighted by atomic mass is 19.4. The molecule has 1 aliphatic heterocycles. The number of ether oxygens (including phenoxy) is 1. The van der Waals surface area contributed by atoms with Gasteiger partial charge in [-0.3, -0.25) is 24.6 Å². The Morgan fingerprint density at radius 1 is 1.06 bits per heavy atom. The molecule has 0 unspecified atom stereocenters. The molecule has 164 valence electrons. The molecule has 2 fully saturated rings. The summed E-state index contributed by atoms with van der Waals surface area (Å²) in [5, 5.41) is 0.870. The number of fused-ring (bicyclic) bond motifs is 1. The van der Waals surface area contributed by atoms with Gasteiger partial charge in [-0.05, 0) is 24.3 Å². The molecule has 0 N–H and O–H groups in total. The van der Waals surface area contributed by atoms with Gasteiger partial charge in [-0.15, -0.1) is 0 Å². The normalized spacial score (nSPS) is 21.2. The second kappa shape index (κ2) is 7.47. The molecule has 0 spiro atoms. The van der Waals surface area contributed by atoms with Crippen molar-refractivity contribution in [3.05, 3.63) is 60.6 Å². The number of halogens is 3. The van der Waals surface area contributed by atoms with Crippen LogP contribution >= 0.6 is 0 Å². The fourth-order valence-electron chi connectivity index (χ4n) is 4.00. The maximum Gasteiger partial charge on any atom is 0.417 e. The molecule has 2 aliphatic rings. The molecule has 0 atom stereocenters. The lowest BCUT2D eigenvalue weighted by Gasteiger charge is -2.39. The van der Waals surface area contributed by atoms with Crippen molar-refractivity contribution in [2.24, 2.45) is 0 Å². The lowest BCUT2D eigenvalue weighted by Crippen LogP contribution is -2.52. The molecule has 3 aromatic rings. The number of carbonyl (C=O) groups excluding carboxylic acids is 2. The number of rotatable bonds is 4. The maximum atomic E-state index is 13.0. The Kier molecular flexibility index (Phi) is 4.72. The number of pyridine rings is 2. The predicted molar refractivity (Wildman–Crippen MR) is 108 cm³/mol. The summed E-state index contributed by atoms with van der Waals surface area (Å²) in [7, 11) is 0. The molecular weight excluding hydrogens is 425 g/mol. The van der Waals surface area contributed by atoms with Crippen molar-refractivity contribution in [2.45, 2.75) is 31.2 Å². The van der Waals surface area contributed by atoms with Crippen LogP contribution in [0.1, 0.15) is 18.4 Å². The molecule has 0 radical (unpaired) electrons. The number of nitrogens with zero attached hydrogens (tertiary/aromatic N) is 4. The van der Waals surface area contributed by atoms with E-state index >= 15 is 0 Å². The van der Waals surface area contributed by atoms with E-state index in [1.165, 1.54) is 0 Å². The van der Waals surface area contributed by atoms with Gasteiger partial charge in [0.15, 0.2) is 0 Å². The number of amides is 3. The van der Waals surface area contributed by atoms with Crippen molar-refractivity contribution < 1.29 is 27.5 Å². The van der Waals surface area contributed by atoms with Crippen LogP contribution in [0.4, 0.5) is 23.7 Å². The van der Waals surface area contributed by atoms with Crippen LogP contribution in [0.15, 0.2) is 55.0 Å². The Labute approximate surface area is 180 Å². The molecular formula is C22H17F3N4O3. The fraction of sp³-hybridized carbons (Fsp3) is 0.273. The van der Waals surface area contributed by atoms with Gasteiger partial charge in [0.25, 0.3) is 5.91 Å². The average molecular weight is 442 g/mol. The second-order valence-electron chi connectivity index (χ2n) is 7.75. The van der Waals surface area contributed by atoms with Crippen LogP contribution in [0.5, 0.6) is 5.75 Å². The molecule has 2 aromatic heterocycles. The highest BCUT2D eigenvalue weighted by Gasteiger charge is 2.47. The van der Waals surface area contributed by atoms with Gasteiger partial charge >= 0.3 is 12.2 Å². The summed E-state index contributed by atoms with van der Waals surface area (Å²) in [6.07, 6.45) is -0.402. The summed E-state index contributed by atoms with van der Waals surface area (Å²) in [6, 6.07) is 9.14. The van der Waals surface area contributed by atoms with Crippen molar-refractivity contribution in [3.63, 3.8) is 0 Å². The summed E-state index contributed by atoms with van der Waals surface area (Å²) in [6.45, 7) is -0.321. The van der Waals surface area contributed by atoms with E-state index in [-0.39, 0.29) is 24.4 Å². The molecule has 0 bridgehead atoms. The number of hydrogen-bond acceptors (Lipinski definition) is 5. The van der Waals surface area contributed by atoms with E-state index in [1.807, 2.05) is 24.3 Å². The Bertz CT molecular complexity index is 1200. The SMILES string of the molecule is O=C1CN(c2cncc(C(F)(F)F)c2)C(=O)N1C1CC(Oc2ccnc3ccccc23)C1. The van der Waals surface area contributed by atoms with E-state index in [0.717, 1.165) is 33.0 Å². The van der Waals surface area contributed by atoms with Crippen molar-refractivity contribution in [1.29, 1.82) is 0 Å². The van der Waals surface area contributed by atoms with E-state index in [1.54, 1.807) is 12.3 Å². The molecule has 1 aromatic carbocycles. The summed E-state index contributed by atoms with van der Waals surface area (Å²) in [5.41, 5.74) is -0.234. The van der Waals surface area contributed by atoms with Crippen LogP contribution in [0.3, 0.4) is 0 Å². The zero-order valence-electron chi connectivity index (χ0n) is 16.6. The van der Waals surface area contributed by atoms with E-state index in [9.17, 15) is 22.8 Å². The number of anilines is 1. The van der Waals surface area contributed by atoms with Crippen molar-refractivity contribution in [1.82, 2.24) is 14.9 Å². The third kappa shape index (κ3) is 3.51. The largest absolute Gasteiger partial charge is 0.490 e. The Balaban J connectivity index is 1.27. The molecule has 3 heterocycles. The van der Waals surface area contributed by atoms with Gasteiger partial charge in [0.05, 0.1) is 23.0 Å². The number of para-hydroxylation sites is 1. The summed E-state index contributed by atoms with van der Waals surface area (Å²) in [4.78, 5) is 35.3. The zero-order valence-corrected chi connectivity index (χ0v) is 16.6. The standard InChI is InChI=1S/C22H17F3N4O3/c23-22(24,25)13-7-15(11-26-10-13)28-12-20(30)29(21(28)31)14-8-16(9-14)32-19-5-6-27-18-4-2-1-3-17(18)19/h1-7,10-11,14,16H,8-9,12H2. The van der Waals surface area contributed by atoms with Gasteiger partial charge in [-0.25, -0.2) is 4.79 Å². The summed E-state index contributed by atoms with van der Waals surface area (Å²) < 4.78 is 45.0. The second-order valence-corrected chi connectivity index (χ2v) is 7.75. The molecule has 5 rings (SSSR count). The van der Waals surface area contributed by atoms with Gasteiger partial charge in [-0.1, -0.05) is 12.1 Å². The van der Waals surface area contributed by atoms with Gasteiger partial charge < -0.3 is 4.74 Å². The highest BCUT2D eigenvalue weighted by Crippen LogP contribution is 2.36. The number of imide groups is 1. The first-order chi connectivity index (χ1) is 15.3. The minimum absolute atomic E-state index is 0.0592. The number of urea groups is 1. The van der Waals surface area contributed by atoms with Crippen LogP contribution in [-0.2, 0) is 11.0 Å². The van der Waals surface area contributed by atoms with E-state index in [2.05, 4.69) is 9.97 Å². The quantitative estimate of drug-likeness (QED) is 0.571. The van der Waals surface area contributed by atoms with Crippen LogP contribution in [0.25, 0.3) is 10.9 Å². The predicted octanol–water partition coefficient (Wildman–Crippen LogP) is 4.03. The molecule has 1 saturated carbocycles. The Hall–Kier alpha value is -3.69. The third-order valence-electron chi connectivity index (χ3n) is 5.70. The lowest BCUT2D eigenvalue weighted by atomic mass is 9.88. The molecule has 7 nitrogen and oxygen atoms in total. The molecule has 32 heavy (non-hydrogen) atoms. The number of aromatic nitrogens is 2. The van der Waals surface area contributed by atoms with Crippen molar-refractivity contribution >= 4 is 28.5 Å². The van der Waals surface area contributed by atoms with Gasteiger partial charge in [0.2, 0.25) is 0 Å². The topological polar surface area (TPSA) is 75.6 Å². The minimum Gasteiger partial charge on any atom is -0.490 e. The lowest BCUT2D eigenvalue weighted by molar-refractivity contribution is -0.137. The molecule has 1 aliphatic carbocycles. The maximum absolute atomic E-state index is 13.0. The average Bonchev–Trinajstić information content (AvgIpc) is 3.04. The van der Waals surface area contributed by atoms with Crippen molar-refractivity contribution in [2.75, 3.05) is 11.4 Å². The summed E-state index contributed by atoms with van der Waals surface area (Å²) >= 11 is 0. The monoisotopic (exact) mass is 442 g/mol. The molecule has 1 saturated heterocycles. The Morgan fingerprint density at radius 3 is 2.62 bits per heavy atom. The first kappa shape index (κ1) is 20.2.